The molecule has 74 valence electrons. The van der Waals surface area contributed by atoms with Crippen LogP contribution in [0, 0.1) is 0 Å². The molecule has 0 spiro atoms. The highest BCUT2D eigenvalue weighted by Crippen LogP contribution is 2.50. The number of fused-ring (bicyclic) bond motifs is 1. The molecule has 1 aliphatic heterocycles. The third kappa shape index (κ3) is 1.20. The molecule has 2 heterocycles. The monoisotopic (exact) mass is 339 g/mol. The van der Waals surface area contributed by atoms with Gasteiger partial charge in [0.05, 0.1) is 5.56 Å². The summed E-state index contributed by atoms with van der Waals surface area (Å²) >= 11 is 12.4. The van der Waals surface area contributed by atoms with Crippen molar-refractivity contribution in [2.75, 3.05) is 11.9 Å². The molecular weight excluding hydrogens is 337 g/mol. The Balaban J connectivity index is 2.75. The Kier molecular flexibility index (Phi) is 2.32. The maximum atomic E-state index is 11.7. The van der Waals surface area contributed by atoms with Gasteiger partial charge in [0.2, 0.25) is 0 Å². The van der Waals surface area contributed by atoms with Gasteiger partial charge in [-0.25, -0.2) is 9.97 Å². The van der Waals surface area contributed by atoms with Crippen molar-refractivity contribution in [2.24, 2.45) is 0 Å². The fourth-order valence-electron chi connectivity index (χ4n) is 1.29. The van der Waals surface area contributed by atoms with Crippen molar-refractivity contribution in [3.63, 3.8) is 0 Å². The van der Waals surface area contributed by atoms with Crippen molar-refractivity contribution < 1.29 is 4.79 Å². The predicted octanol–water partition coefficient (Wildman–Crippen LogP) is 2.05. The van der Waals surface area contributed by atoms with E-state index in [0.717, 1.165) is 0 Å². The van der Waals surface area contributed by atoms with Gasteiger partial charge in [-0.05, 0) is 0 Å². The van der Waals surface area contributed by atoms with Gasteiger partial charge in [0.15, 0.2) is 3.23 Å². The van der Waals surface area contributed by atoms with E-state index in [0.29, 0.717) is 11.4 Å². The highest BCUT2D eigenvalue weighted by molar-refractivity contribution is 9.25. The minimum atomic E-state index is -0.998. The van der Waals surface area contributed by atoms with Gasteiger partial charge < -0.3 is 0 Å². The van der Waals surface area contributed by atoms with Gasteiger partial charge in [0.25, 0.3) is 5.91 Å². The summed E-state index contributed by atoms with van der Waals surface area (Å²) in [7, 11) is 1.63. The molecule has 0 N–H and O–H groups in total. The number of likely N-dealkylation sites (N-methyl/N-ethyl adjacent to an activating group) is 1. The van der Waals surface area contributed by atoms with E-state index in [9.17, 15) is 4.79 Å². The van der Waals surface area contributed by atoms with E-state index in [2.05, 4.69) is 41.8 Å². The Morgan fingerprint density at radius 1 is 1.50 bits per heavy atom. The molecule has 1 amide bonds. The predicted molar refractivity (Wildman–Crippen MR) is 60.0 cm³/mol. The van der Waals surface area contributed by atoms with E-state index in [-0.39, 0.29) is 11.1 Å². The van der Waals surface area contributed by atoms with E-state index in [1.54, 1.807) is 7.05 Å². The maximum absolute atomic E-state index is 11.7. The molecule has 0 saturated heterocycles. The molecule has 1 aromatic rings. The van der Waals surface area contributed by atoms with Crippen molar-refractivity contribution in [1.82, 2.24) is 9.97 Å². The highest BCUT2D eigenvalue weighted by Gasteiger charge is 2.49. The van der Waals surface area contributed by atoms with Crippen LogP contribution in [0.25, 0.3) is 0 Å². The van der Waals surface area contributed by atoms with E-state index < -0.39 is 3.23 Å². The molecule has 4 nitrogen and oxygen atoms in total. The first-order valence-corrected chi connectivity index (χ1v) is 5.59. The largest absolute Gasteiger partial charge is 0.297 e. The zero-order valence-corrected chi connectivity index (χ0v) is 10.9. The molecule has 1 aromatic heterocycles. The van der Waals surface area contributed by atoms with Crippen LogP contribution < -0.4 is 4.90 Å². The Morgan fingerprint density at radius 2 is 2.14 bits per heavy atom. The van der Waals surface area contributed by atoms with Gasteiger partial charge in [-0.3, -0.25) is 9.69 Å². The number of carbonyl (C=O) groups is 1. The molecule has 0 fully saturated rings. The zero-order valence-electron chi connectivity index (χ0n) is 6.96. The number of hydrogen-bond acceptors (Lipinski definition) is 3. The number of amides is 1. The summed E-state index contributed by atoms with van der Waals surface area (Å²) in [5.41, 5.74) is 0.550. The first-order valence-electron chi connectivity index (χ1n) is 3.63. The quantitative estimate of drug-likeness (QED) is 0.536. The second-order valence-corrected chi connectivity index (χ2v) is 6.60. The van der Waals surface area contributed by atoms with E-state index in [1.807, 2.05) is 0 Å². The summed E-state index contributed by atoms with van der Waals surface area (Å²) < 4.78 is -0.998. The smallest absolute Gasteiger partial charge is 0.260 e. The molecule has 0 bridgehead atoms. The van der Waals surface area contributed by atoms with Crippen LogP contribution in [0.4, 0.5) is 5.82 Å². The minimum absolute atomic E-state index is 0.171. The van der Waals surface area contributed by atoms with Gasteiger partial charge in [-0.1, -0.05) is 43.5 Å². The van der Waals surface area contributed by atoms with Crippen LogP contribution in [0.2, 0.25) is 5.15 Å². The molecule has 1 aliphatic rings. The Bertz CT molecular complexity index is 423. The number of anilines is 1. The minimum Gasteiger partial charge on any atom is -0.297 e. The lowest BCUT2D eigenvalue weighted by Gasteiger charge is -2.11. The standard InChI is InChI=1S/C7H4Br2ClN3O/c1-13-5-3(4(10)11-2-12-5)7(8,9)6(13)14/h2H,1H3. The highest BCUT2D eigenvalue weighted by atomic mass is 79.9. The zero-order chi connectivity index (χ0) is 10.5. The summed E-state index contributed by atoms with van der Waals surface area (Å²) in [5, 5.41) is 0.265. The molecule has 0 saturated carbocycles. The number of halogens is 3. The number of nitrogens with zero attached hydrogens (tertiary/aromatic N) is 3. The number of rotatable bonds is 0. The molecule has 0 atom stereocenters. The lowest BCUT2D eigenvalue weighted by atomic mass is 10.3. The fourth-order valence-corrected chi connectivity index (χ4v) is 3.05. The topological polar surface area (TPSA) is 46.1 Å². The van der Waals surface area contributed by atoms with Crippen molar-refractivity contribution in [3.05, 3.63) is 17.0 Å². The molecule has 0 aliphatic carbocycles. The van der Waals surface area contributed by atoms with Gasteiger partial charge >= 0.3 is 0 Å². The average molecular weight is 341 g/mol. The van der Waals surface area contributed by atoms with E-state index in [1.165, 1.54) is 11.2 Å². The van der Waals surface area contributed by atoms with Crippen molar-refractivity contribution >= 4 is 55.2 Å². The lowest BCUT2D eigenvalue weighted by Crippen LogP contribution is -2.29. The summed E-state index contributed by atoms with van der Waals surface area (Å²) in [6, 6.07) is 0. The Morgan fingerprint density at radius 3 is 2.71 bits per heavy atom. The van der Waals surface area contributed by atoms with Crippen molar-refractivity contribution in [2.45, 2.75) is 3.23 Å². The van der Waals surface area contributed by atoms with Gasteiger partial charge in [0, 0.05) is 7.05 Å². The summed E-state index contributed by atoms with van der Waals surface area (Å²) in [4.78, 5) is 21.0. The average Bonchev–Trinajstić information content (AvgIpc) is 2.29. The number of aromatic nitrogens is 2. The molecule has 0 unspecified atom stereocenters. The first kappa shape index (κ1) is 10.3. The van der Waals surface area contributed by atoms with Crippen LogP contribution in [0.5, 0.6) is 0 Å². The van der Waals surface area contributed by atoms with Crippen molar-refractivity contribution in [3.8, 4) is 0 Å². The Labute approximate surface area is 102 Å². The Hall–Kier alpha value is -0.200. The molecule has 0 radical (unpaired) electrons. The van der Waals surface area contributed by atoms with Gasteiger partial charge in [-0.2, -0.15) is 0 Å². The molecular formula is C7H4Br2ClN3O. The number of alkyl halides is 2. The molecule has 0 aromatic carbocycles. The van der Waals surface area contributed by atoms with Crippen LogP contribution in [0.15, 0.2) is 6.33 Å². The lowest BCUT2D eigenvalue weighted by molar-refractivity contribution is -0.117. The first-order chi connectivity index (χ1) is 6.46. The van der Waals surface area contributed by atoms with Crippen LogP contribution >= 0.6 is 43.5 Å². The van der Waals surface area contributed by atoms with Crippen LogP contribution in [-0.4, -0.2) is 22.9 Å². The summed E-state index contributed by atoms with van der Waals surface area (Å²) in [6.45, 7) is 0. The maximum Gasteiger partial charge on any atom is 0.260 e. The normalized spacial score (nSPS) is 18.6. The second-order valence-electron chi connectivity index (χ2n) is 2.80. The summed E-state index contributed by atoms with van der Waals surface area (Å²) in [6.07, 6.45) is 1.33. The van der Waals surface area contributed by atoms with Crippen LogP contribution in [-0.2, 0) is 8.03 Å². The fraction of sp³-hybridized carbons (Fsp3) is 0.286. The molecule has 2 rings (SSSR count). The second kappa shape index (κ2) is 3.15. The van der Waals surface area contributed by atoms with Gasteiger partial charge in [0.1, 0.15) is 17.3 Å². The van der Waals surface area contributed by atoms with Gasteiger partial charge in [-0.15, -0.1) is 0 Å². The molecule has 14 heavy (non-hydrogen) atoms. The third-order valence-electron chi connectivity index (χ3n) is 1.99. The summed E-state index contributed by atoms with van der Waals surface area (Å²) in [5.74, 6) is 0.346. The van der Waals surface area contributed by atoms with Crippen LogP contribution in [0.1, 0.15) is 5.56 Å². The van der Waals surface area contributed by atoms with E-state index in [4.69, 9.17) is 11.6 Å². The number of carbonyl (C=O) groups excluding carboxylic acids is 1. The molecule has 7 heteroatoms. The van der Waals surface area contributed by atoms with E-state index >= 15 is 0 Å². The van der Waals surface area contributed by atoms with Crippen LogP contribution in [0.3, 0.4) is 0 Å². The third-order valence-corrected chi connectivity index (χ3v) is 3.74. The number of hydrogen-bond donors (Lipinski definition) is 0. The van der Waals surface area contributed by atoms with Crippen molar-refractivity contribution in [1.29, 1.82) is 0 Å². The SMILES string of the molecule is CN1C(=O)C(Br)(Br)c2c(Cl)ncnc21.